The minimum Gasteiger partial charge on any atom is -0.378 e. The second-order valence-electron chi connectivity index (χ2n) is 7.53. The van der Waals surface area contributed by atoms with E-state index in [1.54, 1.807) is 48.5 Å². The number of thiol groups is 1. The molecule has 1 aromatic heterocycles. The lowest BCUT2D eigenvalue weighted by molar-refractivity contribution is -0.114. The Balaban J connectivity index is 1.45. The molecule has 1 saturated heterocycles. The maximum atomic E-state index is 12.4. The van der Waals surface area contributed by atoms with Crippen molar-refractivity contribution in [3.8, 4) is 11.4 Å². The molecule has 1 aliphatic rings. The first-order valence-electron chi connectivity index (χ1n) is 10.5. The Bertz CT molecular complexity index is 1200. The van der Waals surface area contributed by atoms with Gasteiger partial charge in [0.1, 0.15) is 11.0 Å². The van der Waals surface area contributed by atoms with E-state index in [1.165, 1.54) is 6.92 Å². The lowest BCUT2D eigenvalue weighted by Gasteiger charge is -2.29. The molecule has 2 heterocycles. The summed E-state index contributed by atoms with van der Waals surface area (Å²) in [5, 5.41) is 8.47. The van der Waals surface area contributed by atoms with E-state index >= 15 is 0 Å². The predicted molar refractivity (Wildman–Crippen MR) is 136 cm³/mol. The van der Waals surface area contributed by atoms with Crippen molar-refractivity contribution in [2.24, 2.45) is 0 Å². The average molecular weight is 499 g/mol. The molecule has 3 amide bonds. The van der Waals surface area contributed by atoms with Crippen molar-refractivity contribution >= 4 is 59.0 Å². The molecule has 0 bridgehead atoms. The second kappa shape index (κ2) is 10.7. The Morgan fingerprint density at radius 1 is 0.971 bits per heavy atom. The van der Waals surface area contributed by atoms with Gasteiger partial charge in [-0.1, -0.05) is 17.7 Å². The smallest absolute Gasteiger partial charge is 0.323 e. The molecule has 0 spiro atoms. The molecule has 0 radical (unpaired) electrons. The highest BCUT2D eigenvalue weighted by atomic mass is 35.5. The standard InChI is InChI=1S/C23H23ClN6O3S/c1-14(31)25-17-3-2-4-18(13-17)27-23(32)26-16-7-5-15(6-8-16)21-28-20(24)19(34)22(29-21)30-9-11-33-12-10-30/h2-8,13,34H,9-12H2,1H3,(H,25,31)(H2,26,27,32). The summed E-state index contributed by atoms with van der Waals surface area (Å²) in [6, 6.07) is 13.6. The van der Waals surface area contributed by atoms with Gasteiger partial charge in [0.15, 0.2) is 5.82 Å². The number of hydrogen-bond donors (Lipinski definition) is 4. The molecule has 34 heavy (non-hydrogen) atoms. The zero-order valence-electron chi connectivity index (χ0n) is 18.3. The van der Waals surface area contributed by atoms with Crippen LogP contribution in [0.2, 0.25) is 5.15 Å². The van der Waals surface area contributed by atoms with Crippen LogP contribution in [0.1, 0.15) is 6.92 Å². The third kappa shape index (κ3) is 5.96. The number of anilines is 4. The first kappa shape index (κ1) is 23.8. The monoisotopic (exact) mass is 498 g/mol. The van der Waals surface area contributed by atoms with Gasteiger partial charge in [-0.15, -0.1) is 12.6 Å². The summed E-state index contributed by atoms with van der Waals surface area (Å²) in [4.78, 5) is 35.3. The fraction of sp³-hybridized carbons (Fsp3) is 0.217. The maximum absolute atomic E-state index is 12.4. The van der Waals surface area contributed by atoms with E-state index in [4.69, 9.17) is 16.3 Å². The summed E-state index contributed by atoms with van der Waals surface area (Å²) in [5.74, 6) is 0.952. The predicted octanol–water partition coefficient (Wildman–Crippen LogP) is 4.52. The zero-order valence-corrected chi connectivity index (χ0v) is 20.0. The first-order chi connectivity index (χ1) is 16.4. The van der Waals surface area contributed by atoms with E-state index in [-0.39, 0.29) is 11.1 Å². The van der Waals surface area contributed by atoms with Crippen LogP contribution in [0.15, 0.2) is 53.4 Å². The fourth-order valence-electron chi connectivity index (χ4n) is 3.42. The molecule has 0 saturated carbocycles. The van der Waals surface area contributed by atoms with Gasteiger partial charge in [0.05, 0.1) is 18.1 Å². The van der Waals surface area contributed by atoms with Crippen LogP contribution in [0.3, 0.4) is 0 Å². The summed E-state index contributed by atoms with van der Waals surface area (Å²) in [6.45, 7) is 4.05. The highest BCUT2D eigenvalue weighted by molar-refractivity contribution is 7.80. The van der Waals surface area contributed by atoms with Crippen molar-refractivity contribution < 1.29 is 14.3 Å². The number of nitrogens with zero attached hydrogens (tertiary/aromatic N) is 3. The zero-order chi connectivity index (χ0) is 24.1. The van der Waals surface area contributed by atoms with E-state index in [1.807, 2.05) is 0 Å². The van der Waals surface area contributed by atoms with Crippen molar-refractivity contribution in [1.82, 2.24) is 9.97 Å². The van der Waals surface area contributed by atoms with Gasteiger partial charge in [-0.3, -0.25) is 4.79 Å². The molecule has 0 atom stereocenters. The molecule has 176 valence electrons. The lowest BCUT2D eigenvalue weighted by atomic mass is 10.2. The second-order valence-corrected chi connectivity index (χ2v) is 8.33. The Kier molecular flexibility index (Phi) is 7.51. The Morgan fingerprint density at radius 3 is 2.29 bits per heavy atom. The molecular weight excluding hydrogens is 476 g/mol. The van der Waals surface area contributed by atoms with Crippen LogP contribution in [-0.4, -0.2) is 48.2 Å². The number of ether oxygens (including phenoxy) is 1. The van der Waals surface area contributed by atoms with Crippen LogP contribution in [0.5, 0.6) is 0 Å². The van der Waals surface area contributed by atoms with Gasteiger partial charge in [0.2, 0.25) is 5.91 Å². The van der Waals surface area contributed by atoms with Crippen molar-refractivity contribution in [2.75, 3.05) is 47.2 Å². The molecule has 3 N–H and O–H groups in total. The quantitative estimate of drug-likeness (QED) is 0.304. The number of benzene rings is 2. The Hall–Kier alpha value is -3.34. The maximum Gasteiger partial charge on any atom is 0.323 e. The molecule has 3 aromatic rings. The Labute approximate surface area is 207 Å². The van der Waals surface area contributed by atoms with E-state index < -0.39 is 6.03 Å². The largest absolute Gasteiger partial charge is 0.378 e. The number of aromatic nitrogens is 2. The van der Waals surface area contributed by atoms with Crippen molar-refractivity contribution in [3.05, 3.63) is 53.7 Å². The molecular formula is C23H23ClN6O3S. The van der Waals surface area contributed by atoms with Crippen LogP contribution >= 0.6 is 24.2 Å². The van der Waals surface area contributed by atoms with Gasteiger partial charge < -0.3 is 25.6 Å². The number of urea groups is 1. The summed E-state index contributed by atoms with van der Waals surface area (Å²) in [7, 11) is 0. The molecule has 11 heteroatoms. The summed E-state index contributed by atoms with van der Waals surface area (Å²) < 4.78 is 5.41. The topological polar surface area (TPSA) is 108 Å². The number of nitrogens with one attached hydrogen (secondary N) is 3. The summed E-state index contributed by atoms with van der Waals surface area (Å²) >= 11 is 10.8. The minimum atomic E-state index is -0.416. The van der Waals surface area contributed by atoms with E-state index in [0.717, 1.165) is 5.56 Å². The van der Waals surface area contributed by atoms with Gasteiger partial charge >= 0.3 is 6.03 Å². The average Bonchev–Trinajstić information content (AvgIpc) is 2.81. The van der Waals surface area contributed by atoms with Crippen LogP contribution in [0, 0.1) is 0 Å². The van der Waals surface area contributed by atoms with Crippen LogP contribution in [-0.2, 0) is 9.53 Å². The number of rotatable bonds is 5. The molecule has 9 nitrogen and oxygen atoms in total. The number of morpholine rings is 1. The Morgan fingerprint density at radius 2 is 1.62 bits per heavy atom. The normalized spacial score (nSPS) is 13.3. The van der Waals surface area contributed by atoms with E-state index in [9.17, 15) is 9.59 Å². The van der Waals surface area contributed by atoms with Gasteiger partial charge in [-0.05, 0) is 42.5 Å². The molecule has 4 rings (SSSR count). The number of amides is 3. The van der Waals surface area contributed by atoms with Gasteiger partial charge in [0, 0.05) is 42.6 Å². The third-order valence-electron chi connectivity index (χ3n) is 4.98. The highest BCUT2D eigenvalue weighted by Crippen LogP contribution is 2.31. The first-order valence-corrected chi connectivity index (χ1v) is 11.4. The third-order valence-corrected chi connectivity index (χ3v) is 5.79. The molecule has 0 aliphatic carbocycles. The van der Waals surface area contributed by atoms with Gasteiger partial charge in [0.25, 0.3) is 0 Å². The number of carbonyl (C=O) groups is 2. The van der Waals surface area contributed by atoms with Crippen molar-refractivity contribution in [2.45, 2.75) is 11.8 Å². The minimum absolute atomic E-state index is 0.187. The molecule has 0 unspecified atom stereocenters. The molecule has 1 aliphatic heterocycles. The van der Waals surface area contributed by atoms with Crippen molar-refractivity contribution in [3.63, 3.8) is 0 Å². The van der Waals surface area contributed by atoms with Crippen LogP contribution in [0.4, 0.5) is 27.7 Å². The fourth-order valence-corrected chi connectivity index (χ4v) is 3.82. The number of halogens is 1. The summed E-state index contributed by atoms with van der Waals surface area (Å²) in [5.41, 5.74) is 2.48. The molecule has 2 aromatic carbocycles. The number of carbonyl (C=O) groups excluding carboxylic acids is 2. The van der Waals surface area contributed by atoms with Gasteiger partial charge in [-0.2, -0.15) is 0 Å². The van der Waals surface area contributed by atoms with Crippen molar-refractivity contribution in [1.29, 1.82) is 0 Å². The number of hydrogen-bond acceptors (Lipinski definition) is 7. The van der Waals surface area contributed by atoms with E-state index in [0.29, 0.717) is 59.9 Å². The van der Waals surface area contributed by atoms with E-state index in [2.05, 4.69) is 43.4 Å². The van der Waals surface area contributed by atoms with Crippen LogP contribution < -0.4 is 20.9 Å². The van der Waals surface area contributed by atoms with Gasteiger partial charge in [-0.25, -0.2) is 14.8 Å². The van der Waals surface area contributed by atoms with Crippen LogP contribution in [0.25, 0.3) is 11.4 Å². The molecule has 1 fully saturated rings. The lowest BCUT2D eigenvalue weighted by Crippen LogP contribution is -2.37. The summed E-state index contributed by atoms with van der Waals surface area (Å²) in [6.07, 6.45) is 0. The SMILES string of the molecule is CC(=O)Nc1cccc(NC(=O)Nc2ccc(-c3nc(Cl)c(S)c(N4CCOCC4)n3)cc2)c1. The highest BCUT2D eigenvalue weighted by Gasteiger charge is 2.19.